The van der Waals surface area contributed by atoms with Gasteiger partial charge in [-0.15, -0.1) is 0 Å². The topological polar surface area (TPSA) is 38.3 Å². The van der Waals surface area contributed by atoms with E-state index in [4.69, 9.17) is 16.3 Å². The van der Waals surface area contributed by atoms with Gasteiger partial charge in [-0.25, -0.2) is 0 Å². The summed E-state index contributed by atoms with van der Waals surface area (Å²) in [5, 5.41) is 3.54. The van der Waals surface area contributed by atoms with Gasteiger partial charge in [0.2, 0.25) is 5.91 Å². The van der Waals surface area contributed by atoms with Crippen LogP contribution >= 0.6 is 11.6 Å². The van der Waals surface area contributed by atoms with Crippen LogP contribution in [0.1, 0.15) is 22.3 Å². The van der Waals surface area contributed by atoms with E-state index in [2.05, 4.69) is 5.32 Å². The zero-order valence-electron chi connectivity index (χ0n) is 13.5. The summed E-state index contributed by atoms with van der Waals surface area (Å²) in [6, 6.07) is 11.3. The summed E-state index contributed by atoms with van der Waals surface area (Å²) in [5.41, 5.74) is 4.19. The van der Waals surface area contributed by atoms with Crippen molar-refractivity contribution in [2.75, 3.05) is 7.11 Å². The van der Waals surface area contributed by atoms with Crippen LogP contribution in [0, 0.1) is 13.8 Å². The van der Waals surface area contributed by atoms with Gasteiger partial charge in [-0.05, 0) is 66.4 Å². The Labute approximate surface area is 141 Å². The lowest BCUT2D eigenvalue weighted by Crippen LogP contribution is -2.20. The van der Waals surface area contributed by atoms with Crippen molar-refractivity contribution in [3.63, 3.8) is 0 Å². The molecular formula is C19H20ClNO2. The Kier molecular flexibility index (Phi) is 5.83. The number of carbonyl (C=O) groups is 1. The summed E-state index contributed by atoms with van der Waals surface area (Å²) in [7, 11) is 1.65. The van der Waals surface area contributed by atoms with Gasteiger partial charge in [0.05, 0.1) is 7.11 Å². The van der Waals surface area contributed by atoms with Crippen molar-refractivity contribution < 1.29 is 9.53 Å². The summed E-state index contributed by atoms with van der Waals surface area (Å²) < 4.78 is 5.24. The molecule has 2 aromatic carbocycles. The van der Waals surface area contributed by atoms with Gasteiger partial charge in [-0.1, -0.05) is 23.7 Å². The molecule has 0 heterocycles. The number of carbonyl (C=O) groups excluding carboxylic acids is 1. The van der Waals surface area contributed by atoms with E-state index >= 15 is 0 Å². The first-order valence-corrected chi connectivity index (χ1v) is 7.73. The first-order chi connectivity index (χ1) is 11.0. The maximum atomic E-state index is 12.0. The van der Waals surface area contributed by atoms with Crippen molar-refractivity contribution in [3.05, 3.63) is 69.8 Å². The Hall–Kier alpha value is -2.26. The third-order valence-electron chi connectivity index (χ3n) is 3.58. The van der Waals surface area contributed by atoms with Crippen LogP contribution < -0.4 is 10.1 Å². The molecular weight excluding hydrogens is 310 g/mol. The number of ether oxygens (including phenoxy) is 1. The van der Waals surface area contributed by atoms with Crippen molar-refractivity contribution in [2.24, 2.45) is 0 Å². The number of hydrogen-bond acceptors (Lipinski definition) is 2. The van der Waals surface area contributed by atoms with E-state index in [0.29, 0.717) is 11.6 Å². The van der Waals surface area contributed by atoms with E-state index in [9.17, 15) is 4.79 Å². The van der Waals surface area contributed by atoms with Crippen LogP contribution in [0.2, 0.25) is 5.02 Å². The van der Waals surface area contributed by atoms with Crippen molar-refractivity contribution in [1.82, 2.24) is 5.32 Å². The normalized spacial score (nSPS) is 10.8. The molecule has 0 unspecified atom stereocenters. The minimum absolute atomic E-state index is 0.130. The first kappa shape index (κ1) is 17.1. The number of hydrogen-bond donors (Lipinski definition) is 1. The summed E-state index contributed by atoms with van der Waals surface area (Å²) in [5.74, 6) is 0.693. The van der Waals surface area contributed by atoms with Crippen LogP contribution in [0.4, 0.5) is 0 Å². The molecule has 0 fully saturated rings. The Morgan fingerprint density at radius 1 is 1.17 bits per heavy atom. The lowest BCUT2D eigenvalue weighted by molar-refractivity contribution is -0.116. The van der Waals surface area contributed by atoms with Crippen LogP contribution in [-0.2, 0) is 11.3 Å². The number of rotatable bonds is 5. The first-order valence-electron chi connectivity index (χ1n) is 7.35. The Morgan fingerprint density at radius 3 is 2.35 bits per heavy atom. The van der Waals surface area contributed by atoms with Crippen LogP contribution in [-0.4, -0.2) is 13.0 Å². The number of benzene rings is 2. The summed E-state index contributed by atoms with van der Waals surface area (Å²) in [4.78, 5) is 12.0. The maximum absolute atomic E-state index is 12.0. The molecule has 0 atom stereocenters. The molecule has 0 bridgehead atoms. The highest BCUT2D eigenvalue weighted by atomic mass is 35.5. The lowest BCUT2D eigenvalue weighted by atomic mass is 10.0. The second kappa shape index (κ2) is 7.84. The summed E-state index contributed by atoms with van der Waals surface area (Å²) in [6.45, 7) is 4.47. The Morgan fingerprint density at radius 2 is 1.78 bits per heavy atom. The Balaban J connectivity index is 1.99. The largest absolute Gasteiger partial charge is 0.497 e. The molecule has 0 spiro atoms. The quantitative estimate of drug-likeness (QED) is 0.831. The second-order valence-corrected chi connectivity index (χ2v) is 5.79. The molecule has 2 rings (SSSR count). The minimum atomic E-state index is -0.130. The second-order valence-electron chi connectivity index (χ2n) is 5.35. The van der Waals surface area contributed by atoms with Gasteiger partial charge < -0.3 is 10.1 Å². The van der Waals surface area contributed by atoms with Crippen molar-refractivity contribution in [1.29, 1.82) is 0 Å². The van der Waals surface area contributed by atoms with E-state index in [-0.39, 0.29) is 5.91 Å². The monoisotopic (exact) mass is 329 g/mol. The molecule has 0 saturated carbocycles. The van der Waals surface area contributed by atoms with E-state index in [0.717, 1.165) is 28.0 Å². The molecule has 120 valence electrons. The zero-order valence-corrected chi connectivity index (χ0v) is 14.3. The number of aryl methyl sites for hydroxylation is 2. The number of halogens is 1. The number of amides is 1. The molecule has 0 aliphatic carbocycles. The van der Waals surface area contributed by atoms with Crippen LogP contribution in [0.25, 0.3) is 6.08 Å². The molecule has 0 saturated heterocycles. The molecule has 0 aromatic heterocycles. The van der Waals surface area contributed by atoms with Gasteiger partial charge in [-0.2, -0.15) is 0 Å². The van der Waals surface area contributed by atoms with Gasteiger partial charge in [0.15, 0.2) is 0 Å². The molecule has 3 nitrogen and oxygen atoms in total. The predicted molar refractivity (Wildman–Crippen MR) is 94.8 cm³/mol. The number of methoxy groups -OCH3 is 1. The standard InChI is InChI=1S/C19H20ClNO2/c1-13-10-17(23-3)11-14(2)18(13)8-9-19(22)21-12-15-4-6-16(20)7-5-15/h4-11H,12H2,1-3H3,(H,21,22)/b9-8+. The highest BCUT2D eigenvalue weighted by molar-refractivity contribution is 6.30. The van der Waals surface area contributed by atoms with Gasteiger partial charge in [0, 0.05) is 17.6 Å². The molecule has 4 heteroatoms. The molecule has 1 N–H and O–H groups in total. The fraction of sp³-hybridized carbons (Fsp3) is 0.211. The van der Waals surface area contributed by atoms with E-state index in [1.807, 2.05) is 56.3 Å². The van der Waals surface area contributed by atoms with Crippen molar-refractivity contribution >= 4 is 23.6 Å². The molecule has 0 aliphatic heterocycles. The van der Waals surface area contributed by atoms with E-state index < -0.39 is 0 Å². The number of nitrogens with one attached hydrogen (secondary N) is 1. The third kappa shape index (κ3) is 4.86. The Bertz CT molecular complexity index is 698. The molecule has 2 aromatic rings. The van der Waals surface area contributed by atoms with Crippen molar-refractivity contribution in [2.45, 2.75) is 20.4 Å². The fourth-order valence-electron chi connectivity index (χ4n) is 2.33. The van der Waals surface area contributed by atoms with Gasteiger partial charge >= 0.3 is 0 Å². The van der Waals surface area contributed by atoms with Crippen LogP contribution in [0.5, 0.6) is 5.75 Å². The maximum Gasteiger partial charge on any atom is 0.244 e. The minimum Gasteiger partial charge on any atom is -0.497 e. The smallest absolute Gasteiger partial charge is 0.244 e. The average molecular weight is 330 g/mol. The van der Waals surface area contributed by atoms with Crippen molar-refractivity contribution in [3.8, 4) is 5.75 Å². The van der Waals surface area contributed by atoms with Crippen LogP contribution in [0.3, 0.4) is 0 Å². The summed E-state index contributed by atoms with van der Waals surface area (Å²) in [6.07, 6.45) is 3.39. The summed E-state index contributed by atoms with van der Waals surface area (Å²) >= 11 is 5.84. The average Bonchev–Trinajstić information content (AvgIpc) is 2.53. The molecule has 0 radical (unpaired) electrons. The third-order valence-corrected chi connectivity index (χ3v) is 3.84. The highest BCUT2D eigenvalue weighted by Gasteiger charge is 2.04. The van der Waals surface area contributed by atoms with Gasteiger partial charge in [-0.3, -0.25) is 4.79 Å². The highest BCUT2D eigenvalue weighted by Crippen LogP contribution is 2.22. The zero-order chi connectivity index (χ0) is 16.8. The van der Waals surface area contributed by atoms with Crippen LogP contribution in [0.15, 0.2) is 42.5 Å². The predicted octanol–water partition coefficient (Wildman–Crippen LogP) is 4.30. The lowest BCUT2D eigenvalue weighted by Gasteiger charge is -2.09. The molecule has 23 heavy (non-hydrogen) atoms. The van der Waals surface area contributed by atoms with E-state index in [1.54, 1.807) is 13.2 Å². The SMILES string of the molecule is COc1cc(C)c(/C=C/C(=O)NCc2ccc(Cl)cc2)c(C)c1. The fourth-order valence-corrected chi connectivity index (χ4v) is 2.45. The van der Waals surface area contributed by atoms with Gasteiger partial charge in [0.25, 0.3) is 0 Å². The molecule has 1 amide bonds. The van der Waals surface area contributed by atoms with Gasteiger partial charge in [0.1, 0.15) is 5.75 Å². The molecule has 0 aliphatic rings. The van der Waals surface area contributed by atoms with E-state index in [1.165, 1.54) is 0 Å².